The van der Waals surface area contributed by atoms with Gasteiger partial charge in [0.25, 0.3) is 5.69 Å². The number of non-ortho nitro benzene ring substituents is 1. The minimum atomic E-state index is -0.801. The van der Waals surface area contributed by atoms with Crippen LogP contribution >= 0.6 is 0 Å². The third-order valence-corrected chi connectivity index (χ3v) is 3.81. The number of nitro benzene ring substituents is 1. The topological polar surface area (TPSA) is 84.3 Å². The molecular formula is C13H16FN3O3. The quantitative estimate of drug-likeness (QED) is 0.653. The first-order valence-corrected chi connectivity index (χ1v) is 6.44. The Bertz CT molecular complexity index is 542. The lowest BCUT2D eigenvalue weighted by atomic mass is 9.83. The van der Waals surface area contributed by atoms with Crippen molar-refractivity contribution in [3.05, 3.63) is 34.1 Å². The molecule has 1 saturated heterocycles. The van der Waals surface area contributed by atoms with Crippen molar-refractivity contribution in [1.29, 1.82) is 0 Å². The molecule has 1 atom stereocenters. The first-order valence-electron chi connectivity index (χ1n) is 6.44. The molecule has 7 heteroatoms. The third kappa shape index (κ3) is 2.62. The summed E-state index contributed by atoms with van der Waals surface area (Å²) < 4.78 is 13.8. The highest BCUT2D eigenvalue weighted by atomic mass is 19.1. The zero-order valence-electron chi connectivity index (χ0n) is 11.1. The highest BCUT2D eigenvalue weighted by Crippen LogP contribution is 2.31. The van der Waals surface area contributed by atoms with Crippen molar-refractivity contribution in [2.24, 2.45) is 5.41 Å². The number of hydrogen-bond acceptors (Lipinski definition) is 4. The summed E-state index contributed by atoms with van der Waals surface area (Å²) in [5.41, 5.74) is -0.901. The summed E-state index contributed by atoms with van der Waals surface area (Å²) in [4.78, 5) is 22.1. The van der Waals surface area contributed by atoms with Gasteiger partial charge in [-0.05, 0) is 25.5 Å². The van der Waals surface area contributed by atoms with E-state index in [1.807, 2.05) is 6.92 Å². The van der Waals surface area contributed by atoms with Gasteiger partial charge in [-0.25, -0.2) is 4.39 Å². The SMILES string of the molecule is CCC1(C(=O)Nc2ccc([N+](=O)[O-])cc2F)CCNC1. The number of rotatable bonds is 4. The molecule has 1 amide bonds. The van der Waals surface area contributed by atoms with Gasteiger partial charge in [-0.1, -0.05) is 6.92 Å². The highest BCUT2D eigenvalue weighted by molar-refractivity contribution is 5.96. The molecule has 6 nitrogen and oxygen atoms in total. The molecular weight excluding hydrogens is 265 g/mol. The Morgan fingerprint density at radius 1 is 1.60 bits per heavy atom. The van der Waals surface area contributed by atoms with Gasteiger partial charge in [0.15, 0.2) is 5.82 Å². The van der Waals surface area contributed by atoms with Gasteiger partial charge in [-0.2, -0.15) is 0 Å². The second kappa shape index (κ2) is 5.54. The maximum atomic E-state index is 13.8. The van der Waals surface area contributed by atoms with E-state index in [-0.39, 0.29) is 17.3 Å². The lowest BCUT2D eigenvalue weighted by Crippen LogP contribution is -2.37. The minimum absolute atomic E-state index is 0.0275. The van der Waals surface area contributed by atoms with Crippen LogP contribution in [0.1, 0.15) is 19.8 Å². The first-order chi connectivity index (χ1) is 9.48. The fourth-order valence-electron chi connectivity index (χ4n) is 2.37. The fourth-order valence-corrected chi connectivity index (χ4v) is 2.37. The number of nitrogens with one attached hydrogen (secondary N) is 2. The Balaban J connectivity index is 2.17. The van der Waals surface area contributed by atoms with Crippen LogP contribution in [-0.4, -0.2) is 23.9 Å². The van der Waals surface area contributed by atoms with Crippen molar-refractivity contribution < 1.29 is 14.1 Å². The zero-order chi connectivity index (χ0) is 14.8. The maximum Gasteiger partial charge on any atom is 0.272 e. The summed E-state index contributed by atoms with van der Waals surface area (Å²) in [5.74, 6) is -1.05. The predicted molar refractivity (Wildman–Crippen MR) is 71.9 cm³/mol. The molecule has 0 aromatic heterocycles. The summed E-state index contributed by atoms with van der Waals surface area (Å²) in [6, 6.07) is 3.20. The van der Waals surface area contributed by atoms with Gasteiger partial charge >= 0.3 is 0 Å². The summed E-state index contributed by atoms with van der Waals surface area (Å²) in [7, 11) is 0. The number of carbonyl (C=O) groups is 1. The second-order valence-electron chi connectivity index (χ2n) is 4.94. The fraction of sp³-hybridized carbons (Fsp3) is 0.462. The lowest BCUT2D eigenvalue weighted by molar-refractivity contribution is -0.385. The smallest absolute Gasteiger partial charge is 0.272 e. The van der Waals surface area contributed by atoms with Crippen LogP contribution in [0.4, 0.5) is 15.8 Å². The van der Waals surface area contributed by atoms with E-state index in [9.17, 15) is 19.3 Å². The van der Waals surface area contributed by atoms with Crippen LogP contribution in [-0.2, 0) is 4.79 Å². The molecule has 0 saturated carbocycles. The normalized spacial score (nSPS) is 21.7. The van der Waals surface area contributed by atoms with Crippen molar-refractivity contribution >= 4 is 17.3 Å². The van der Waals surface area contributed by atoms with Crippen LogP contribution in [0.5, 0.6) is 0 Å². The summed E-state index contributed by atoms with van der Waals surface area (Å²) >= 11 is 0. The molecule has 1 aromatic carbocycles. The van der Waals surface area contributed by atoms with Crippen molar-refractivity contribution in [1.82, 2.24) is 5.32 Å². The summed E-state index contributed by atoms with van der Waals surface area (Å²) in [5, 5.41) is 16.2. The second-order valence-corrected chi connectivity index (χ2v) is 4.94. The third-order valence-electron chi connectivity index (χ3n) is 3.81. The van der Waals surface area contributed by atoms with Gasteiger partial charge in [-0.15, -0.1) is 0 Å². The van der Waals surface area contributed by atoms with Crippen LogP contribution in [0.15, 0.2) is 18.2 Å². The van der Waals surface area contributed by atoms with E-state index in [2.05, 4.69) is 10.6 Å². The molecule has 2 N–H and O–H groups in total. The molecule has 1 aliphatic heterocycles. The Hall–Kier alpha value is -2.02. The molecule has 0 bridgehead atoms. The first kappa shape index (κ1) is 14.4. The molecule has 2 rings (SSSR count). The van der Waals surface area contributed by atoms with E-state index in [0.29, 0.717) is 19.4 Å². The molecule has 20 heavy (non-hydrogen) atoms. The van der Waals surface area contributed by atoms with Gasteiger partial charge in [0.2, 0.25) is 5.91 Å². The van der Waals surface area contributed by atoms with Crippen molar-refractivity contribution in [3.8, 4) is 0 Å². The zero-order valence-corrected chi connectivity index (χ0v) is 11.1. The number of carbonyl (C=O) groups excluding carboxylic acids is 1. The Labute approximate surface area is 115 Å². The number of nitro groups is 1. The standard InChI is InChI=1S/C13H16FN3O3/c1-2-13(5-6-15-8-13)12(18)16-11-4-3-9(17(19)20)7-10(11)14/h3-4,7,15H,2,5-6,8H2,1H3,(H,16,18). The van der Waals surface area contributed by atoms with Gasteiger partial charge in [-0.3, -0.25) is 14.9 Å². The molecule has 1 aromatic rings. The average molecular weight is 281 g/mol. The van der Waals surface area contributed by atoms with Crippen molar-refractivity contribution in [2.45, 2.75) is 19.8 Å². The Morgan fingerprint density at radius 2 is 2.35 bits per heavy atom. The molecule has 108 valence electrons. The summed E-state index contributed by atoms with van der Waals surface area (Å²) in [6.07, 6.45) is 1.35. The van der Waals surface area contributed by atoms with Gasteiger partial charge < -0.3 is 10.6 Å². The van der Waals surface area contributed by atoms with E-state index in [4.69, 9.17) is 0 Å². The van der Waals surface area contributed by atoms with E-state index < -0.39 is 16.2 Å². The van der Waals surface area contributed by atoms with Crippen LogP contribution < -0.4 is 10.6 Å². The predicted octanol–water partition coefficient (Wildman–Crippen LogP) is 2.06. The van der Waals surface area contributed by atoms with E-state index >= 15 is 0 Å². The molecule has 1 unspecified atom stereocenters. The van der Waals surface area contributed by atoms with Gasteiger partial charge in [0, 0.05) is 12.6 Å². The van der Waals surface area contributed by atoms with Gasteiger partial charge in [0.1, 0.15) is 0 Å². The molecule has 1 heterocycles. The van der Waals surface area contributed by atoms with Gasteiger partial charge in [0.05, 0.1) is 22.1 Å². The number of hydrogen-bond donors (Lipinski definition) is 2. The van der Waals surface area contributed by atoms with E-state index in [1.54, 1.807) is 0 Å². The molecule has 1 aliphatic rings. The molecule has 0 aliphatic carbocycles. The molecule has 1 fully saturated rings. The van der Waals surface area contributed by atoms with Crippen LogP contribution in [0.2, 0.25) is 0 Å². The number of halogens is 1. The average Bonchev–Trinajstić information content (AvgIpc) is 2.90. The number of nitrogens with zero attached hydrogens (tertiary/aromatic N) is 1. The Morgan fingerprint density at radius 3 is 2.85 bits per heavy atom. The van der Waals surface area contributed by atoms with Crippen molar-refractivity contribution in [2.75, 3.05) is 18.4 Å². The molecule has 0 radical (unpaired) electrons. The van der Waals surface area contributed by atoms with Crippen LogP contribution in [0, 0.1) is 21.3 Å². The highest BCUT2D eigenvalue weighted by Gasteiger charge is 2.39. The van der Waals surface area contributed by atoms with Crippen LogP contribution in [0.3, 0.4) is 0 Å². The van der Waals surface area contributed by atoms with E-state index in [0.717, 1.165) is 12.6 Å². The number of benzene rings is 1. The Kier molecular flexibility index (Phi) is 3.99. The van der Waals surface area contributed by atoms with Crippen LogP contribution in [0.25, 0.3) is 0 Å². The maximum absolute atomic E-state index is 13.8. The largest absolute Gasteiger partial charge is 0.323 e. The monoisotopic (exact) mass is 281 g/mol. The van der Waals surface area contributed by atoms with Crippen molar-refractivity contribution in [3.63, 3.8) is 0 Å². The number of anilines is 1. The summed E-state index contributed by atoms with van der Waals surface area (Å²) in [6.45, 7) is 3.23. The lowest BCUT2D eigenvalue weighted by Gasteiger charge is -2.25. The minimum Gasteiger partial charge on any atom is -0.323 e. The number of amides is 1. The molecule has 0 spiro atoms. The van der Waals surface area contributed by atoms with E-state index in [1.165, 1.54) is 12.1 Å².